The summed E-state index contributed by atoms with van der Waals surface area (Å²) in [5.41, 5.74) is 4.30. The summed E-state index contributed by atoms with van der Waals surface area (Å²) in [7, 11) is 3.89. The van der Waals surface area contributed by atoms with Crippen LogP contribution in [0.1, 0.15) is 49.8 Å². The number of hydrogen-bond acceptors (Lipinski definition) is 5. The molecule has 3 aromatic rings. The van der Waals surface area contributed by atoms with Crippen LogP contribution < -0.4 is 10.6 Å². The van der Waals surface area contributed by atoms with Gasteiger partial charge in [-0.15, -0.1) is 0 Å². The minimum absolute atomic E-state index is 0.0793. The van der Waals surface area contributed by atoms with Gasteiger partial charge in [0.05, 0.1) is 23.5 Å². The molecule has 0 saturated heterocycles. The van der Waals surface area contributed by atoms with Crippen LogP contribution in [-0.4, -0.2) is 52.5 Å². The predicted octanol–water partition coefficient (Wildman–Crippen LogP) is 4.78. The summed E-state index contributed by atoms with van der Waals surface area (Å²) in [6.45, 7) is 4.78. The predicted molar refractivity (Wildman–Crippen MR) is 143 cm³/mol. The van der Waals surface area contributed by atoms with Crippen molar-refractivity contribution in [1.82, 2.24) is 20.1 Å². The Morgan fingerprint density at radius 2 is 1.94 bits per heavy atom. The molecule has 2 amide bonds. The average Bonchev–Trinajstić information content (AvgIpc) is 3.58. The highest BCUT2D eigenvalue weighted by atomic mass is 16.2. The minimum Gasteiger partial charge on any atom is -0.321 e. The molecular formula is C28H34N6O2. The molecule has 36 heavy (non-hydrogen) atoms. The SMILES string of the molecule is CC(C)C(C(=O)Nc1cc(C2CC2)[nH]n1)c1cccc(-c2ccc(NC(=O)C=CCN(C)C)cn2)c1. The highest BCUT2D eigenvalue weighted by Crippen LogP contribution is 2.39. The lowest BCUT2D eigenvalue weighted by Gasteiger charge is -2.21. The molecule has 2 aromatic heterocycles. The Bertz CT molecular complexity index is 1220. The van der Waals surface area contributed by atoms with Gasteiger partial charge in [-0.2, -0.15) is 5.10 Å². The highest BCUT2D eigenvalue weighted by molar-refractivity contribution is 5.99. The summed E-state index contributed by atoms with van der Waals surface area (Å²) in [6.07, 6.45) is 7.31. The molecule has 188 valence electrons. The van der Waals surface area contributed by atoms with Gasteiger partial charge in [0, 0.05) is 35.9 Å². The summed E-state index contributed by atoms with van der Waals surface area (Å²) in [5.74, 6) is 0.600. The van der Waals surface area contributed by atoms with Crippen LogP contribution >= 0.6 is 0 Å². The Kier molecular flexibility index (Phi) is 7.95. The van der Waals surface area contributed by atoms with Crippen molar-refractivity contribution < 1.29 is 9.59 Å². The monoisotopic (exact) mass is 486 g/mol. The van der Waals surface area contributed by atoms with Gasteiger partial charge in [-0.25, -0.2) is 0 Å². The second kappa shape index (κ2) is 11.3. The molecule has 1 atom stereocenters. The van der Waals surface area contributed by atoms with Crippen LogP contribution in [0.2, 0.25) is 0 Å². The van der Waals surface area contributed by atoms with E-state index in [1.165, 1.54) is 18.9 Å². The molecule has 1 unspecified atom stereocenters. The van der Waals surface area contributed by atoms with Crippen molar-refractivity contribution in [3.05, 3.63) is 72.1 Å². The van der Waals surface area contributed by atoms with Crippen molar-refractivity contribution in [2.45, 2.75) is 38.5 Å². The van der Waals surface area contributed by atoms with Crippen LogP contribution in [0.3, 0.4) is 0 Å². The molecular weight excluding hydrogens is 452 g/mol. The van der Waals surface area contributed by atoms with Gasteiger partial charge in [-0.05, 0) is 56.6 Å². The molecule has 0 spiro atoms. The number of nitrogens with zero attached hydrogens (tertiary/aromatic N) is 3. The van der Waals surface area contributed by atoms with Gasteiger partial charge in [0.2, 0.25) is 11.8 Å². The number of nitrogens with one attached hydrogen (secondary N) is 3. The van der Waals surface area contributed by atoms with Crippen LogP contribution in [0.15, 0.2) is 60.8 Å². The number of carbonyl (C=O) groups is 2. The zero-order chi connectivity index (χ0) is 25.7. The van der Waals surface area contributed by atoms with Crippen LogP contribution in [0.5, 0.6) is 0 Å². The molecule has 8 heteroatoms. The van der Waals surface area contributed by atoms with Gasteiger partial charge in [0.1, 0.15) is 0 Å². The number of carbonyl (C=O) groups excluding carboxylic acids is 2. The fraction of sp³-hybridized carbons (Fsp3) is 0.357. The van der Waals surface area contributed by atoms with Gasteiger partial charge in [0.25, 0.3) is 0 Å². The summed E-state index contributed by atoms with van der Waals surface area (Å²) >= 11 is 0. The van der Waals surface area contributed by atoms with Crippen LogP contribution in [0.25, 0.3) is 11.3 Å². The number of amides is 2. The second-order valence-electron chi connectivity index (χ2n) is 9.91. The van der Waals surface area contributed by atoms with Crippen molar-refractivity contribution in [2.24, 2.45) is 5.92 Å². The minimum atomic E-state index is -0.335. The van der Waals surface area contributed by atoms with Crippen molar-refractivity contribution in [2.75, 3.05) is 31.3 Å². The Balaban J connectivity index is 1.45. The van der Waals surface area contributed by atoms with Gasteiger partial charge in [-0.1, -0.05) is 38.1 Å². The third kappa shape index (κ3) is 6.66. The number of benzene rings is 1. The van der Waals surface area contributed by atoms with Crippen molar-refractivity contribution in [3.8, 4) is 11.3 Å². The molecule has 1 fully saturated rings. The number of likely N-dealkylation sites (N-methyl/N-ethyl adjacent to an activating group) is 1. The number of rotatable bonds is 10. The number of aromatic amines is 1. The fourth-order valence-electron chi connectivity index (χ4n) is 4.13. The molecule has 1 aromatic carbocycles. The van der Waals surface area contributed by atoms with Gasteiger partial charge in [0.15, 0.2) is 5.82 Å². The zero-order valence-corrected chi connectivity index (χ0v) is 21.3. The molecule has 8 nitrogen and oxygen atoms in total. The van der Waals surface area contributed by atoms with Crippen molar-refractivity contribution in [1.29, 1.82) is 0 Å². The van der Waals surface area contributed by atoms with E-state index in [4.69, 9.17) is 0 Å². The molecule has 1 saturated carbocycles. The maximum Gasteiger partial charge on any atom is 0.248 e. The molecule has 0 aliphatic heterocycles. The molecule has 3 N–H and O–H groups in total. The standard InChI is InChI=1S/C28H34N6O2/c1-18(2)27(28(36)31-25-16-24(32-33-25)19-10-11-19)21-8-5-7-20(15-21)23-13-12-22(17-29-23)30-26(35)9-6-14-34(3)4/h5-9,12-13,15-19,27H,10-11,14H2,1-4H3,(H,30,35)(H2,31,32,33,36). The maximum absolute atomic E-state index is 13.2. The summed E-state index contributed by atoms with van der Waals surface area (Å²) < 4.78 is 0. The average molecular weight is 487 g/mol. The number of anilines is 2. The normalized spacial score (nSPS) is 14.4. The summed E-state index contributed by atoms with van der Waals surface area (Å²) in [5, 5.41) is 13.1. The quantitative estimate of drug-likeness (QED) is 0.358. The van der Waals surface area contributed by atoms with E-state index in [1.807, 2.05) is 81.4 Å². The van der Waals surface area contributed by atoms with Crippen LogP contribution in [0, 0.1) is 5.92 Å². The second-order valence-corrected chi connectivity index (χ2v) is 9.91. The lowest BCUT2D eigenvalue weighted by Crippen LogP contribution is -2.25. The van der Waals surface area contributed by atoms with Crippen molar-refractivity contribution >= 4 is 23.3 Å². The van der Waals surface area contributed by atoms with E-state index >= 15 is 0 Å². The van der Waals surface area contributed by atoms with E-state index in [9.17, 15) is 9.59 Å². The summed E-state index contributed by atoms with van der Waals surface area (Å²) in [4.78, 5) is 31.8. The number of H-pyrrole nitrogens is 1. The van der Waals surface area contributed by atoms with E-state index in [1.54, 1.807) is 6.20 Å². The zero-order valence-electron chi connectivity index (χ0n) is 21.3. The lowest BCUT2D eigenvalue weighted by molar-refractivity contribution is -0.118. The number of pyridine rings is 1. The Hall–Kier alpha value is -3.78. The summed E-state index contributed by atoms with van der Waals surface area (Å²) in [6, 6.07) is 13.5. The van der Waals surface area contributed by atoms with E-state index < -0.39 is 0 Å². The molecule has 0 bridgehead atoms. The van der Waals surface area contributed by atoms with Crippen LogP contribution in [-0.2, 0) is 9.59 Å². The first-order chi connectivity index (χ1) is 17.3. The largest absolute Gasteiger partial charge is 0.321 e. The van der Waals surface area contributed by atoms with Crippen LogP contribution in [0.4, 0.5) is 11.5 Å². The molecule has 0 radical (unpaired) electrons. The van der Waals surface area contributed by atoms with E-state index in [0.717, 1.165) is 22.5 Å². The molecule has 2 heterocycles. The molecule has 4 rings (SSSR count). The van der Waals surface area contributed by atoms with E-state index in [2.05, 4.69) is 25.8 Å². The Morgan fingerprint density at radius 1 is 1.14 bits per heavy atom. The lowest BCUT2D eigenvalue weighted by atomic mass is 9.86. The number of aromatic nitrogens is 3. The topological polar surface area (TPSA) is 103 Å². The molecule has 1 aliphatic rings. The van der Waals surface area contributed by atoms with Crippen molar-refractivity contribution in [3.63, 3.8) is 0 Å². The smallest absolute Gasteiger partial charge is 0.248 e. The first-order valence-corrected chi connectivity index (χ1v) is 12.3. The molecule has 1 aliphatic carbocycles. The van der Waals surface area contributed by atoms with Gasteiger partial charge in [-0.3, -0.25) is 19.7 Å². The first-order valence-electron chi connectivity index (χ1n) is 12.3. The fourth-order valence-corrected chi connectivity index (χ4v) is 4.13. The maximum atomic E-state index is 13.2. The van der Waals surface area contributed by atoms with Gasteiger partial charge >= 0.3 is 0 Å². The Labute approximate surface area is 212 Å². The third-order valence-corrected chi connectivity index (χ3v) is 6.13. The van der Waals surface area contributed by atoms with E-state index in [0.29, 0.717) is 24.0 Å². The Morgan fingerprint density at radius 3 is 2.61 bits per heavy atom. The number of hydrogen-bond donors (Lipinski definition) is 3. The third-order valence-electron chi connectivity index (χ3n) is 6.13. The highest BCUT2D eigenvalue weighted by Gasteiger charge is 2.28. The van der Waals surface area contributed by atoms with E-state index in [-0.39, 0.29) is 23.7 Å². The van der Waals surface area contributed by atoms with Gasteiger partial charge < -0.3 is 15.5 Å². The first kappa shape index (κ1) is 25.3.